The highest BCUT2D eigenvalue weighted by molar-refractivity contribution is 7.09. The molecule has 0 aliphatic carbocycles. The van der Waals surface area contributed by atoms with Gasteiger partial charge in [0.1, 0.15) is 0 Å². The molecular formula is C14H23NO2S. The van der Waals surface area contributed by atoms with Crippen molar-refractivity contribution in [3.63, 3.8) is 0 Å². The SMILES string of the molecule is CCOC(=O)c1csc(CC[C@@H](CC)C(C)C)n1. The Morgan fingerprint density at radius 1 is 1.44 bits per heavy atom. The fourth-order valence-corrected chi connectivity index (χ4v) is 2.83. The van der Waals surface area contributed by atoms with Gasteiger partial charge in [-0.3, -0.25) is 0 Å². The van der Waals surface area contributed by atoms with Gasteiger partial charge in [0.25, 0.3) is 0 Å². The molecule has 0 amide bonds. The molecule has 0 unspecified atom stereocenters. The highest BCUT2D eigenvalue weighted by Crippen LogP contribution is 2.22. The Labute approximate surface area is 114 Å². The topological polar surface area (TPSA) is 39.2 Å². The van der Waals surface area contributed by atoms with E-state index in [1.165, 1.54) is 6.42 Å². The van der Waals surface area contributed by atoms with Crippen molar-refractivity contribution in [2.24, 2.45) is 11.8 Å². The zero-order valence-electron chi connectivity index (χ0n) is 11.7. The predicted octanol–water partition coefficient (Wildman–Crippen LogP) is 3.93. The molecule has 0 aliphatic heterocycles. The largest absolute Gasteiger partial charge is 0.461 e. The van der Waals surface area contributed by atoms with Gasteiger partial charge in [-0.15, -0.1) is 11.3 Å². The molecule has 0 aromatic carbocycles. The number of esters is 1. The molecule has 0 fully saturated rings. The molecule has 1 heterocycles. The van der Waals surface area contributed by atoms with E-state index in [1.54, 1.807) is 23.6 Å². The zero-order chi connectivity index (χ0) is 13.5. The maximum atomic E-state index is 11.5. The van der Waals surface area contributed by atoms with Crippen LogP contribution < -0.4 is 0 Å². The Morgan fingerprint density at radius 2 is 2.17 bits per heavy atom. The van der Waals surface area contributed by atoms with Crippen LogP contribution in [0.2, 0.25) is 0 Å². The molecule has 0 aliphatic rings. The van der Waals surface area contributed by atoms with Crippen LogP contribution in [-0.4, -0.2) is 17.6 Å². The van der Waals surface area contributed by atoms with E-state index in [4.69, 9.17) is 4.74 Å². The fraction of sp³-hybridized carbons (Fsp3) is 0.714. The summed E-state index contributed by atoms with van der Waals surface area (Å²) in [5.41, 5.74) is 0.453. The summed E-state index contributed by atoms with van der Waals surface area (Å²) in [4.78, 5) is 15.8. The summed E-state index contributed by atoms with van der Waals surface area (Å²) in [6, 6.07) is 0. The lowest BCUT2D eigenvalue weighted by atomic mass is 9.89. The maximum absolute atomic E-state index is 11.5. The number of nitrogens with zero attached hydrogens (tertiary/aromatic N) is 1. The van der Waals surface area contributed by atoms with E-state index in [-0.39, 0.29) is 5.97 Å². The van der Waals surface area contributed by atoms with Gasteiger partial charge in [-0.05, 0) is 31.6 Å². The highest BCUT2D eigenvalue weighted by atomic mass is 32.1. The summed E-state index contributed by atoms with van der Waals surface area (Å²) in [6.45, 7) is 8.97. The quantitative estimate of drug-likeness (QED) is 0.704. The standard InChI is InChI=1S/C14H23NO2S/c1-5-11(10(3)4)7-8-13-15-12(9-18-13)14(16)17-6-2/h9-11H,5-8H2,1-4H3/t11-/m1/s1. The van der Waals surface area contributed by atoms with E-state index in [9.17, 15) is 4.79 Å². The number of rotatable bonds is 7. The fourth-order valence-electron chi connectivity index (χ4n) is 2.04. The molecule has 4 heteroatoms. The van der Waals surface area contributed by atoms with Crippen LogP contribution in [0.3, 0.4) is 0 Å². The second kappa shape index (κ2) is 7.52. The van der Waals surface area contributed by atoms with Crippen LogP contribution in [-0.2, 0) is 11.2 Å². The average molecular weight is 269 g/mol. The first-order valence-electron chi connectivity index (χ1n) is 6.69. The lowest BCUT2D eigenvalue weighted by Crippen LogP contribution is -2.09. The van der Waals surface area contributed by atoms with E-state index in [0.29, 0.717) is 18.2 Å². The summed E-state index contributed by atoms with van der Waals surface area (Å²) < 4.78 is 4.93. The normalized spacial score (nSPS) is 12.7. The van der Waals surface area contributed by atoms with Gasteiger partial charge in [0, 0.05) is 5.38 Å². The lowest BCUT2D eigenvalue weighted by molar-refractivity contribution is 0.0520. The molecular weight excluding hydrogens is 246 g/mol. The van der Waals surface area contributed by atoms with Crippen molar-refractivity contribution < 1.29 is 9.53 Å². The number of aromatic nitrogens is 1. The van der Waals surface area contributed by atoms with Crippen molar-refractivity contribution in [1.29, 1.82) is 0 Å². The van der Waals surface area contributed by atoms with Gasteiger partial charge >= 0.3 is 5.97 Å². The second-order valence-corrected chi connectivity index (χ2v) is 5.74. The number of carbonyl (C=O) groups is 1. The Bertz CT molecular complexity index is 374. The van der Waals surface area contributed by atoms with E-state index in [1.807, 2.05) is 0 Å². The number of carbonyl (C=O) groups excluding carboxylic acids is 1. The van der Waals surface area contributed by atoms with Gasteiger partial charge in [-0.25, -0.2) is 9.78 Å². The average Bonchev–Trinajstić information content (AvgIpc) is 2.78. The third-order valence-electron chi connectivity index (χ3n) is 3.23. The first kappa shape index (κ1) is 15.2. The van der Waals surface area contributed by atoms with Crippen LogP contribution in [0, 0.1) is 11.8 Å². The van der Waals surface area contributed by atoms with Gasteiger partial charge in [-0.1, -0.05) is 27.2 Å². The minimum Gasteiger partial charge on any atom is -0.461 e. The van der Waals surface area contributed by atoms with E-state index >= 15 is 0 Å². The van der Waals surface area contributed by atoms with E-state index in [0.717, 1.165) is 23.8 Å². The number of hydrogen-bond acceptors (Lipinski definition) is 4. The van der Waals surface area contributed by atoms with Crippen molar-refractivity contribution in [1.82, 2.24) is 4.98 Å². The van der Waals surface area contributed by atoms with Crippen LogP contribution in [0.4, 0.5) is 0 Å². The van der Waals surface area contributed by atoms with E-state index < -0.39 is 0 Å². The molecule has 0 saturated carbocycles. The lowest BCUT2D eigenvalue weighted by Gasteiger charge is -2.17. The smallest absolute Gasteiger partial charge is 0.357 e. The van der Waals surface area contributed by atoms with Crippen molar-refractivity contribution in [3.8, 4) is 0 Å². The molecule has 0 N–H and O–H groups in total. The molecule has 1 rings (SSSR count). The first-order chi connectivity index (χ1) is 8.58. The Balaban J connectivity index is 2.51. The molecule has 102 valence electrons. The summed E-state index contributed by atoms with van der Waals surface area (Å²) in [5, 5.41) is 2.83. The van der Waals surface area contributed by atoms with Crippen LogP contribution in [0.15, 0.2) is 5.38 Å². The minimum atomic E-state index is -0.309. The van der Waals surface area contributed by atoms with Crippen LogP contribution in [0.25, 0.3) is 0 Å². The summed E-state index contributed by atoms with van der Waals surface area (Å²) in [7, 11) is 0. The summed E-state index contributed by atoms with van der Waals surface area (Å²) in [6.07, 6.45) is 3.30. The van der Waals surface area contributed by atoms with Gasteiger partial charge in [-0.2, -0.15) is 0 Å². The Morgan fingerprint density at radius 3 is 2.72 bits per heavy atom. The van der Waals surface area contributed by atoms with Gasteiger partial charge in [0.05, 0.1) is 11.6 Å². The first-order valence-corrected chi connectivity index (χ1v) is 7.57. The Hall–Kier alpha value is -0.900. The molecule has 1 atom stereocenters. The third kappa shape index (κ3) is 4.41. The summed E-state index contributed by atoms with van der Waals surface area (Å²) >= 11 is 1.56. The number of ether oxygens (including phenoxy) is 1. The second-order valence-electron chi connectivity index (χ2n) is 4.80. The van der Waals surface area contributed by atoms with Crippen molar-refractivity contribution >= 4 is 17.3 Å². The van der Waals surface area contributed by atoms with Crippen LogP contribution in [0.1, 0.15) is 56.0 Å². The molecule has 3 nitrogen and oxygen atoms in total. The van der Waals surface area contributed by atoms with Crippen molar-refractivity contribution in [3.05, 3.63) is 16.1 Å². The summed E-state index contributed by atoms with van der Waals surface area (Å²) in [5.74, 6) is 1.13. The number of thiazole rings is 1. The molecule has 0 spiro atoms. The maximum Gasteiger partial charge on any atom is 0.357 e. The molecule has 0 bridgehead atoms. The highest BCUT2D eigenvalue weighted by Gasteiger charge is 2.14. The van der Waals surface area contributed by atoms with Gasteiger partial charge in [0.2, 0.25) is 0 Å². The van der Waals surface area contributed by atoms with Crippen molar-refractivity contribution in [2.75, 3.05) is 6.61 Å². The molecule has 0 radical (unpaired) electrons. The van der Waals surface area contributed by atoms with E-state index in [2.05, 4.69) is 25.8 Å². The molecule has 1 aromatic heterocycles. The van der Waals surface area contributed by atoms with Crippen molar-refractivity contribution in [2.45, 2.75) is 47.0 Å². The van der Waals surface area contributed by atoms with Gasteiger partial charge < -0.3 is 4.74 Å². The van der Waals surface area contributed by atoms with Gasteiger partial charge in [0.15, 0.2) is 5.69 Å². The zero-order valence-corrected chi connectivity index (χ0v) is 12.5. The monoisotopic (exact) mass is 269 g/mol. The van der Waals surface area contributed by atoms with Crippen LogP contribution >= 0.6 is 11.3 Å². The Kier molecular flexibility index (Phi) is 6.33. The minimum absolute atomic E-state index is 0.309. The third-order valence-corrected chi connectivity index (χ3v) is 4.14. The molecule has 1 aromatic rings. The molecule has 18 heavy (non-hydrogen) atoms. The number of hydrogen-bond donors (Lipinski definition) is 0. The predicted molar refractivity (Wildman–Crippen MR) is 75.0 cm³/mol. The number of aryl methyl sites for hydroxylation is 1. The molecule has 0 saturated heterocycles. The van der Waals surface area contributed by atoms with Crippen LogP contribution in [0.5, 0.6) is 0 Å².